The highest BCUT2D eigenvalue weighted by atomic mass is 35.5. The van der Waals surface area contributed by atoms with Crippen molar-refractivity contribution >= 4 is 23.6 Å². The fourth-order valence-electron chi connectivity index (χ4n) is 3.19. The zero-order valence-electron chi connectivity index (χ0n) is 15.6. The maximum absolute atomic E-state index is 12.5. The van der Waals surface area contributed by atoms with E-state index >= 15 is 0 Å². The number of ether oxygens (including phenoxy) is 1. The number of hydrogen-bond donors (Lipinski definition) is 2. The van der Waals surface area contributed by atoms with Gasteiger partial charge in [-0.15, -0.1) is 0 Å². The predicted octanol–water partition coefficient (Wildman–Crippen LogP) is 2.43. The van der Waals surface area contributed by atoms with Crippen LogP contribution in [-0.2, 0) is 9.53 Å². The lowest BCUT2D eigenvalue weighted by Crippen LogP contribution is -3.14. The first kappa shape index (κ1) is 19.6. The summed E-state index contributed by atoms with van der Waals surface area (Å²) in [6.45, 7) is 6.30. The highest BCUT2D eigenvalue weighted by molar-refractivity contribution is 6.31. The molecule has 1 fully saturated rings. The van der Waals surface area contributed by atoms with Crippen LogP contribution in [-0.4, -0.2) is 38.8 Å². The summed E-state index contributed by atoms with van der Waals surface area (Å²) in [4.78, 5) is 14.0. The molecule has 142 valence electrons. The maximum Gasteiger partial charge on any atom is 0.244 e. The van der Waals surface area contributed by atoms with E-state index in [1.165, 1.54) is 4.90 Å². The van der Waals surface area contributed by atoms with E-state index in [1.807, 2.05) is 43.3 Å². The second-order valence-corrected chi connectivity index (χ2v) is 7.29. The molecule has 0 aromatic heterocycles. The van der Waals surface area contributed by atoms with Crippen LogP contribution < -0.4 is 10.2 Å². The van der Waals surface area contributed by atoms with Crippen molar-refractivity contribution in [1.82, 2.24) is 5.32 Å². The molecule has 27 heavy (non-hydrogen) atoms. The Kier molecular flexibility index (Phi) is 7.04. The topological polar surface area (TPSA) is 42.8 Å². The van der Waals surface area contributed by atoms with Crippen LogP contribution in [0, 0.1) is 6.92 Å². The van der Waals surface area contributed by atoms with Gasteiger partial charge in [-0.25, -0.2) is 0 Å². The molecule has 1 atom stereocenters. The number of hydrogen-bond acceptors (Lipinski definition) is 2. The molecule has 4 nitrogen and oxygen atoms in total. The van der Waals surface area contributed by atoms with Crippen LogP contribution >= 0.6 is 11.6 Å². The fourth-order valence-corrected chi connectivity index (χ4v) is 3.38. The SMILES string of the molecule is Cc1ccc(/C=C/C(=O)N[C@@H](C[NH+]2CCOCC2)c2ccccc2)cc1Cl. The van der Waals surface area contributed by atoms with Crippen molar-refractivity contribution in [3.05, 3.63) is 76.3 Å². The smallest absolute Gasteiger partial charge is 0.244 e. The Morgan fingerprint density at radius 1 is 1.22 bits per heavy atom. The van der Waals surface area contributed by atoms with Gasteiger partial charge in [0.1, 0.15) is 25.7 Å². The Hall–Kier alpha value is -2.14. The van der Waals surface area contributed by atoms with E-state index < -0.39 is 0 Å². The van der Waals surface area contributed by atoms with Crippen molar-refractivity contribution in [2.75, 3.05) is 32.8 Å². The highest BCUT2D eigenvalue weighted by Gasteiger charge is 2.22. The molecular weight excluding hydrogens is 360 g/mol. The molecule has 0 bridgehead atoms. The minimum Gasteiger partial charge on any atom is -0.370 e. The minimum absolute atomic E-state index is 0.0296. The molecule has 0 radical (unpaired) electrons. The third-order valence-corrected chi connectivity index (χ3v) is 5.24. The van der Waals surface area contributed by atoms with Crippen LogP contribution in [0.4, 0.5) is 0 Å². The van der Waals surface area contributed by atoms with E-state index in [9.17, 15) is 4.79 Å². The number of aryl methyl sites for hydroxylation is 1. The molecule has 2 N–H and O–H groups in total. The molecule has 0 saturated carbocycles. The van der Waals surface area contributed by atoms with E-state index in [0.717, 1.165) is 49.5 Å². The number of rotatable bonds is 6. The van der Waals surface area contributed by atoms with Gasteiger partial charge in [0.05, 0.1) is 13.2 Å². The standard InChI is InChI=1S/C22H25ClN2O2/c1-17-7-8-18(15-20(17)23)9-10-22(26)24-21(19-5-3-2-4-6-19)16-25-11-13-27-14-12-25/h2-10,15,21H,11-14,16H2,1H3,(H,24,26)/p+1/b10-9+/t21-/m0/s1. The summed E-state index contributed by atoms with van der Waals surface area (Å²) in [7, 11) is 0. The van der Waals surface area contributed by atoms with Crippen molar-refractivity contribution in [2.24, 2.45) is 0 Å². The number of amides is 1. The molecule has 0 unspecified atom stereocenters. The first-order chi connectivity index (χ1) is 13.1. The number of halogens is 1. The monoisotopic (exact) mass is 385 g/mol. The highest BCUT2D eigenvalue weighted by Crippen LogP contribution is 2.17. The lowest BCUT2D eigenvalue weighted by Gasteiger charge is -2.28. The first-order valence-corrected chi connectivity index (χ1v) is 9.70. The van der Waals surface area contributed by atoms with Crippen molar-refractivity contribution in [1.29, 1.82) is 0 Å². The number of carbonyl (C=O) groups is 1. The van der Waals surface area contributed by atoms with Gasteiger partial charge in [0.15, 0.2) is 0 Å². The summed E-state index contributed by atoms with van der Waals surface area (Å²) < 4.78 is 5.44. The molecule has 2 aromatic rings. The molecule has 1 aliphatic heterocycles. The number of carbonyl (C=O) groups excluding carboxylic acids is 1. The van der Waals surface area contributed by atoms with Crippen LogP contribution in [0.15, 0.2) is 54.6 Å². The first-order valence-electron chi connectivity index (χ1n) is 9.33. The average Bonchev–Trinajstić information content (AvgIpc) is 2.70. The van der Waals surface area contributed by atoms with Crippen LogP contribution in [0.1, 0.15) is 22.7 Å². The summed E-state index contributed by atoms with van der Waals surface area (Å²) in [5.41, 5.74) is 3.06. The molecule has 5 heteroatoms. The van der Waals surface area contributed by atoms with Gasteiger partial charge in [-0.1, -0.05) is 54.1 Å². The Morgan fingerprint density at radius 3 is 2.67 bits per heavy atom. The Labute approximate surface area is 165 Å². The van der Waals surface area contributed by atoms with Gasteiger partial charge in [-0.3, -0.25) is 4.79 Å². The lowest BCUT2D eigenvalue weighted by molar-refractivity contribution is -0.909. The summed E-state index contributed by atoms with van der Waals surface area (Å²) in [5, 5.41) is 3.86. The largest absolute Gasteiger partial charge is 0.370 e. The molecule has 1 amide bonds. The summed E-state index contributed by atoms with van der Waals surface area (Å²) in [5.74, 6) is -0.104. The third-order valence-electron chi connectivity index (χ3n) is 4.83. The molecule has 0 aliphatic carbocycles. The van der Waals surface area contributed by atoms with Crippen molar-refractivity contribution in [3.8, 4) is 0 Å². The predicted molar refractivity (Wildman–Crippen MR) is 109 cm³/mol. The van der Waals surface area contributed by atoms with Crippen molar-refractivity contribution in [2.45, 2.75) is 13.0 Å². The zero-order valence-corrected chi connectivity index (χ0v) is 16.3. The van der Waals surface area contributed by atoms with Crippen LogP contribution in [0.2, 0.25) is 5.02 Å². The van der Waals surface area contributed by atoms with Crippen molar-refractivity contribution in [3.63, 3.8) is 0 Å². The number of nitrogens with one attached hydrogen (secondary N) is 2. The molecule has 1 aliphatic rings. The van der Waals surface area contributed by atoms with Gasteiger partial charge in [0.2, 0.25) is 5.91 Å². The lowest BCUT2D eigenvalue weighted by atomic mass is 10.1. The average molecular weight is 386 g/mol. The molecular formula is C22H26ClN2O2+. The van der Waals surface area contributed by atoms with E-state index in [0.29, 0.717) is 5.02 Å². The number of benzene rings is 2. The Balaban J connectivity index is 1.67. The molecule has 1 heterocycles. The second kappa shape index (κ2) is 9.70. The minimum atomic E-state index is -0.104. The molecule has 0 spiro atoms. The van der Waals surface area contributed by atoms with E-state index in [2.05, 4.69) is 17.4 Å². The normalized spacial score (nSPS) is 16.4. The van der Waals surface area contributed by atoms with Crippen molar-refractivity contribution < 1.29 is 14.4 Å². The second-order valence-electron chi connectivity index (χ2n) is 6.88. The zero-order chi connectivity index (χ0) is 19.1. The van der Waals surface area contributed by atoms with E-state index in [4.69, 9.17) is 16.3 Å². The Bertz CT molecular complexity index is 786. The Morgan fingerprint density at radius 2 is 1.96 bits per heavy atom. The van der Waals surface area contributed by atoms with Gasteiger partial charge in [0.25, 0.3) is 0 Å². The molecule has 3 rings (SSSR count). The summed E-state index contributed by atoms with van der Waals surface area (Å²) >= 11 is 6.15. The van der Waals surface area contributed by atoms with E-state index in [-0.39, 0.29) is 11.9 Å². The van der Waals surface area contributed by atoms with Crippen LogP contribution in [0.3, 0.4) is 0 Å². The van der Waals surface area contributed by atoms with Gasteiger partial charge in [-0.2, -0.15) is 0 Å². The van der Waals surface area contributed by atoms with Gasteiger partial charge in [-0.05, 0) is 35.8 Å². The maximum atomic E-state index is 12.5. The fraction of sp³-hybridized carbons (Fsp3) is 0.318. The summed E-state index contributed by atoms with van der Waals surface area (Å²) in [6.07, 6.45) is 3.37. The third kappa shape index (κ3) is 5.93. The number of quaternary nitrogens is 1. The summed E-state index contributed by atoms with van der Waals surface area (Å²) in [6, 6.07) is 15.9. The van der Waals surface area contributed by atoms with Gasteiger partial charge >= 0.3 is 0 Å². The van der Waals surface area contributed by atoms with Crippen LogP contribution in [0.5, 0.6) is 0 Å². The van der Waals surface area contributed by atoms with Gasteiger partial charge in [0, 0.05) is 11.1 Å². The molecule has 2 aromatic carbocycles. The van der Waals surface area contributed by atoms with E-state index in [1.54, 1.807) is 12.2 Å². The van der Waals surface area contributed by atoms with Crippen LogP contribution in [0.25, 0.3) is 6.08 Å². The quantitative estimate of drug-likeness (QED) is 0.750. The number of morpholine rings is 1. The van der Waals surface area contributed by atoms with Gasteiger partial charge < -0.3 is 15.0 Å². The molecule has 1 saturated heterocycles.